The maximum atomic E-state index is 13.8. The van der Waals surface area contributed by atoms with E-state index in [9.17, 15) is 28.9 Å². The van der Waals surface area contributed by atoms with Gasteiger partial charge >= 0.3 is 5.97 Å². The number of carbonyl (C=O) groups is 2. The summed E-state index contributed by atoms with van der Waals surface area (Å²) < 4.78 is 19.7. The number of amides is 1. The molecular formula is C22H15FN4O6S. The number of nitrogens with one attached hydrogen (secondary N) is 1. The van der Waals surface area contributed by atoms with Crippen LogP contribution in [0.1, 0.15) is 27.8 Å². The molecule has 0 atom stereocenters. The van der Waals surface area contributed by atoms with Crippen LogP contribution < -0.4 is 10.9 Å². The van der Waals surface area contributed by atoms with E-state index in [0.29, 0.717) is 0 Å². The third-order valence-electron chi connectivity index (χ3n) is 4.75. The Morgan fingerprint density at radius 3 is 2.71 bits per heavy atom. The van der Waals surface area contributed by atoms with Crippen molar-refractivity contribution in [1.82, 2.24) is 9.78 Å². The predicted octanol–water partition coefficient (Wildman–Crippen LogP) is 3.92. The Morgan fingerprint density at radius 1 is 1.24 bits per heavy atom. The predicted molar refractivity (Wildman–Crippen MR) is 122 cm³/mol. The molecule has 0 aliphatic heterocycles. The number of aromatic nitrogens is 2. The molecule has 0 unspecified atom stereocenters. The number of halogens is 1. The number of esters is 1. The minimum atomic E-state index is -0.817. The zero-order valence-corrected chi connectivity index (χ0v) is 18.3. The van der Waals surface area contributed by atoms with Crippen molar-refractivity contribution in [2.24, 2.45) is 0 Å². The summed E-state index contributed by atoms with van der Waals surface area (Å²) >= 11 is 0.934. The molecule has 12 heteroatoms. The molecule has 0 aliphatic carbocycles. The largest absolute Gasteiger partial charge is 0.461 e. The Bertz CT molecular complexity index is 1510. The first-order valence-electron chi connectivity index (χ1n) is 9.84. The van der Waals surface area contributed by atoms with Gasteiger partial charge < -0.3 is 10.1 Å². The highest BCUT2D eigenvalue weighted by molar-refractivity contribution is 7.16. The summed E-state index contributed by atoms with van der Waals surface area (Å²) in [5.74, 6) is -2.26. The Kier molecular flexibility index (Phi) is 6.15. The molecule has 0 aliphatic rings. The Balaban J connectivity index is 1.90. The van der Waals surface area contributed by atoms with Gasteiger partial charge in [-0.1, -0.05) is 18.2 Å². The molecule has 0 bridgehead atoms. The van der Waals surface area contributed by atoms with Crippen LogP contribution in [0.25, 0.3) is 16.5 Å². The molecule has 1 N–H and O–H groups in total. The smallest absolute Gasteiger partial charge is 0.359 e. The van der Waals surface area contributed by atoms with Crippen LogP contribution in [0.3, 0.4) is 0 Å². The van der Waals surface area contributed by atoms with Gasteiger partial charge in [0.1, 0.15) is 16.4 Å². The van der Waals surface area contributed by atoms with E-state index in [1.165, 1.54) is 47.8 Å². The molecule has 2 aromatic carbocycles. The number of fused-ring (bicyclic) bond motifs is 1. The van der Waals surface area contributed by atoms with E-state index in [2.05, 4.69) is 10.4 Å². The van der Waals surface area contributed by atoms with Gasteiger partial charge in [-0.3, -0.25) is 19.7 Å². The zero-order chi connectivity index (χ0) is 24.4. The first-order chi connectivity index (χ1) is 16.3. The Hall–Kier alpha value is -4.45. The van der Waals surface area contributed by atoms with E-state index in [4.69, 9.17) is 4.74 Å². The summed E-state index contributed by atoms with van der Waals surface area (Å²) in [6, 6.07) is 10.4. The summed E-state index contributed by atoms with van der Waals surface area (Å²) in [5, 5.41) is 19.4. The first kappa shape index (κ1) is 22.7. The first-order valence-corrected chi connectivity index (χ1v) is 10.7. The number of thiophene rings is 1. The van der Waals surface area contributed by atoms with Crippen molar-refractivity contribution in [3.63, 3.8) is 0 Å². The average molecular weight is 482 g/mol. The second-order valence-electron chi connectivity index (χ2n) is 6.85. The number of carbonyl (C=O) groups excluding carboxylic acids is 2. The molecule has 10 nitrogen and oxygen atoms in total. The van der Waals surface area contributed by atoms with Crippen LogP contribution in [-0.2, 0) is 4.74 Å². The number of hydrogen-bond acceptors (Lipinski definition) is 8. The van der Waals surface area contributed by atoms with Crippen LogP contribution in [0.5, 0.6) is 0 Å². The molecule has 4 aromatic rings. The van der Waals surface area contributed by atoms with Gasteiger partial charge in [-0.15, -0.1) is 11.3 Å². The molecule has 0 fully saturated rings. The maximum Gasteiger partial charge on any atom is 0.359 e. The maximum absolute atomic E-state index is 13.8. The number of benzene rings is 2. The normalized spacial score (nSPS) is 10.8. The number of anilines is 1. The number of ether oxygens (including phenoxy) is 1. The van der Waals surface area contributed by atoms with Gasteiger partial charge in [-0.2, -0.15) is 9.78 Å². The molecule has 2 heterocycles. The molecule has 0 radical (unpaired) electrons. The van der Waals surface area contributed by atoms with Crippen molar-refractivity contribution < 1.29 is 23.6 Å². The van der Waals surface area contributed by atoms with Crippen LogP contribution in [-0.4, -0.2) is 33.2 Å². The Labute approximate surface area is 194 Å². The highest BCUT2D eigenvalue weighted by Crippen LogP contribution is 2.31. The SMILES string of the molecule is CCOC(=O)c1nn(-c2cccc(F)c2)c(=O)c2c(NC(=O)c3ccccc3[N+](=O)[O-])scc12. The van der Waals surface area contributed by atoms with Crippen molar-refractivity contribution in [2.75, 3.05) is 11.9 Å². The summed E-state index contributed by atoms with van der Waals surface area (Å²) in [6.45, 7) is 1.65. The van der Waals surface area contributed by atoms with E-state index in [-0.39, 0.29) is 39.3 Å². The molecule has 0 saturated heterocycles. The molecule has 0 spiro atoms. The molecule has 34 heavy (non-hydrogen) atoms. The lowest BCUT2D eigenvalue weighted by Crippen LogP contribution is -2.25. The summed E-state index contributed by atoms with van der Waals surface area (Å²) in [6.07, 6.45) is 0. The number of rotatable bonds is 6. The summed E-state index contributed by atoms with van der Waals surface area (Å²) in [7, 11) is 0. The number of hydrogen-bond donors (Lipinski definition) is 1. The molecular weight excluding hydrogens is 467 g/mol. The molecule has 1 amide bonds. The average Bonchev–Trinajstić information content (AvgIpc) is 3.23. The van der Waals surface area contributed by atoms with Crippen molar-refractivity contribution in [3.05, 3.63) is 91.5 Å². The quantitative estimate of drug-likeness (QED) is 0.250. The third kappa shape index (κ3) is 4.13. The van der Waals surface area contributed by atoms with Crippen molar-refractivity contribution >= 4 is 44.7 Å². The van der Waals surface area contributed by atoms with Crippen molar-refractivity contribution in [3.8, 4) is 5.69 Å². The lowest BCUT2D eigenvalue weighted by Gasteiger charge is -2.10. The van der Waals surface area contributed by atoms with Crippen LogP contribution >= 0.6 is 11.3 Å². The topological polar surface area (TPSA) is 133 Å². The van der Waals surface area contributed by atoms with E-state index >= 15 is 0 Å². The molecule has 172 valence electrons. The number of nitro groups is 1. The van der Waals surface area contributed by atoms with Crippen LogP contribution in [0, 0.1) is 15.9 Å². The standard InChI is InChI=1S/C22H15FN4O6S/c1-2-33-22(30)18-15-11-34-20(24-19(28)14-8-3-4-9-16(14)27(31)32)17(15)21(29)26(25-18)13-7-5-6-12(23)10-13/h3-11H,2H2,1H3,(H,24,28). The molecule has 4 rings (SSSR count). The van der Waals surface area contributed by atoms with Crippen molar-refractivity contribution in [1.29, 1.82) is 0 Å². The summed E-state index contributed by atoms with van der Waals surface area (Å²) in [5.41, 5.74) is -1.50. The highest BCUT2D eigenvalue weighted by Gasteiger charge is 2.25. The highest BCUT2D eigenvalue weighted by atomic mass is 32.1. The van der Waals surface area contributed by atoms with Gasteiger partial charge in [0.05, 0.1) is 22.6 Å². The second-order valence-corrected chi connectivity index (χ2v) is 7.73. The van der Waals surface area contributed by atoms with E-state index in [1.54, 1.807) is 6.92 Å². The minimum Gasteiger partial charge on any atom is -0.461 e. The van der Waals surface area contributed by atoms with Gasteiger partial charge in [0.2, 0.25) is 0 Å². The lowest BCUT2D eigenvalue weighted by molar-refractivity contribution is -0.385. The summed E-state index contributed by atoms with van der Waals surface area (Å²) in [4.78, 5) is 49.3. The Morgan fingerprint density at radius 2 is 2.00 bits per heavy atom. The molecule has 0 saturated carbocycles. The number of para-hydroxylation sites is 1. The monoisotopic (exact) mass is 482 g/mol. The van der Waals surface area contributed by atoms with Crippen molar-refractivity contribution in [2.45, 2.75) is 6.92 Å². The van der Waals surface area contributed by atoms with E-state index in [0.717, 1.165) is 22.1 Å². The number of nitrogens with zero attached hydrogens (tertiary/aromatic N) is 3. The lowest BCUT2D eigenvalue weighted by atomic mass is 10.1. The zero-order valence-electron chi connectivity index (χ0n) is 17.5. The second kappa shape index (κ2) is 9.19. The minimum absolute atomic E-state index is 0.0428. The van der Waals surface area contributed by atoms with Crippen LogP contribution in [0.2, 0.25) is 0 Å². The molecule has 2 aromatic heterocycles. The van der Waals surface area contributed by atoms with Crippen LogP contribution in [0.4, 0.5) is 15.1 Å². The van der Waals surface area contributed by atoms with Gasteiger partial charge in [0.25, 0.3) is 17.2 Å². The fraction of sp³-hybridized carbons (Fsp3) is 0.0909. The number of nitro benzene ring substituents is 1. The van der Waals surface area contributed by atoms with Gasteiger partial charge in [-0.05, 0) is 31.2 Å². The van der Waals surface area contributed by atoms with Gasteiger partial charge in [0.15, 0.2) is 5.69 Å². The fourth-order valence-electron chi connectivity index (χ4n) is 3.27. The van der Waals surface area contributed by atoms with Gasteiger partial charge in [0, 0.05) is 16.8 Å². The third-order valence-corrected chi connectivity index (χ3v) is 5.64. The van der Waals surface area contributed by atoms with Gasteiger partial charge in [-0.25, -0.2) is 9.18 Å². The van der Waals surface area contributed by atoms with Crippen LogP contribution in [0.15, 0.2) is 58.7 Å². The van der Waals surface area contributed by atoms with E-state index < -0.39 is 33.9 Å². The fourth-order valence-corrected chi connectivity index (χ4v) is 4.20. The van der Waals surface area contributed by atoms with E-state index in [1.807, 2.05) is 0 Å².